The molecule has 0 heterocycles. The fourth-order valence-electron chi connectivity index (χ4n) is 7.10. The van der Waals surface area contributed by atoms with Crippen LogP contribution in [0.2, 0.25) is 0 Å². The minimum Gasteiger partial charge on any atom is -0.462 e. The van der Waals surface area contributed by atoms with E-state index in [1.54, 1.807) is 0 Å². The Bertz CT molecular complexity index is 1430. The van der Waals surface area contributed by atoms with Crippen molar-refractivity contribution in [3.8, 4) is 0 Å². The first-order valence-corrected chi connectivity index (χ1v) is 27.7. The number of carbonyl (C=O) groups excluding carboxylic acids is 2. The molecule has 0 aromatic rings. The van der Waals surface area contributed by atoms with Crippen LogP contribution in [0.3, 0.4) is 0 Å². The van der Waals surface area contributed by atoms with Gasteiger partial charge in [-0.3, -0.25) is 9.59 Å². The summed E-state index contributed by atoms with van der Waals surface area (Å²) in [7, 11) is 0. The summed E-state index contributed by atoms with van der Waals surface area (Å²) in [5, 5.41) is 0. The second kappa shape index (κ2) is 57.4. The van der Waals surface area contributed by atoms with Gasteiger partial charge >= 0.3 is 11.9 Å². The van der Waals surface area contributed by atoms with Gasteiger partial charge in [0.25, 0.3) is 0 Å². The summed E-state index contributed by atoms with van der Waals surface area (Å²) < 4.78 is 17.4. The van der Waals surface area contributed by atoms with Crippen molar-refractivity contribution in [2.75, 3.05) is 19.8 Å². The second-order valence-corrected chi connectivity index (χ2v) is 17.7. The van der Waals surface area contributed by atoms with Crippen molar-refractivity contribution in [3.05, 3.63) is 134 Å². The van der Waals surface area contributed by atoms with Gasteiger partial charge in [-0.25, -0.2) is 0 Å². The quantitative estimate of drug-likeness (QED) is 0.0345. The molecule has 5 heteroatoms. The number of hydrogen-bond acceptors (Lipinski definition) is 5. The number of allylic oxidation sites excluding steroid dienone is 22. The van der Waals surface area contributed by atoms with Crippen molar-refractivity contribution in [1.82, 2.24) is 0 Å². The third-order valence-corrected chi connectivity index (χ3v) is 11.2. The van der Waals surface area contributed by atoms with E-state index in [1.165, 1.54) is 83.5 Å². The zero-order chi connectivity index (χ0) is 49.2. The molecule has 0 rings (SSSR count). The Hall–Kier alpha value is -3.96. The number of carbonyl (C=O) groups is 2. The maximum Gasteiger partial charge on any atom is 0.306 e. The van der Waals surface area contributed by atoms with E-state index in [0.29, 0.717) is 19.4 Å². The number of ether oxygens (including phenoxy) is 3. The first-order valence-electron chi connectivity index (χ1n) is 27.7. The van der Waals surface area contributed by atoms with Gasteiger partial charge in [-0.1, -0.05) is 219 Å². The summed E-state index contributed by atoms with van der Waals surface area (Å²) >= 11 is 0. The van der Waals surface area contributed by atoms with E-state index in [2.05, 4.69) is 154 Å². The highest BCUT2D eigenvalue weighted by Gasteiger charge is 2.17. The van der Waals surface area contributed by atoms with E-state index >= 15 is 0 Å². The molecule has 384 valence electrons. The van der Waals surface area contributed by atoms with Crippen LogP contribution in [0.15, 0.2) is 134 Å². The van der Waals surface area contributed by atoms with Crippen LogP contribution in [-0.2, 0) is 23.8 Å². The summed E-state index contributed by atoms with van der Waals surface area (Å²) in [6, 6.07) is 0. The van der Waals surface area contributed by atoms with Gasteiger partial charge in [-0.2, -0.15) is 0 Å². The van der Waals surface area contributed by atoms with Gasteiger partial charge in [0.05, 0.1) is 6.61 Å². The fraction of sp³-hybridized carbons (Fsp3) is 0.619. The van der Waals surface area contributed by atoms with Gasteiger partial charge in [-0.15, -0.1) is 0 Å². The average Bonchev–Trinajstić information content (AvgIpc) is 3.34. The molecule has 1 unspecified atom stereocenters. The largest absolute Gasteiger partial charge is 0.462 e. The van der Waals surface area contributed by atoms with Crippen LogP contribution in [-0.4, -0.2) is 37.9 Å². The average molecular weight is 940 g/mol. The van der Waals surface area contributed by atoms with Gasteiger partial charge in [0.2, 0.25) is 0 Å². The van der Waals surface area contributed by atoms with E-state index < -0.39 is 6.10 Å². The molecule has 0 aliphatic rings. The van der Waals surface area contributed by atoms with E-state index in [-0.39, 0.29) is 25.2 Å². The molecule has 5 nitrogen and oxygen atoms in total. The van der Waals surface area contributed by atoms with Crippen LogP contribution in [0, 0.1) is 0 Å². The van der Waals surface area contributed by atoms with E-state index in [1.807, 2.05) is 0 Å². The van der Waals surface area contributed by atoms with Crippen LogP contribution in [0.4, 0.5) is 0 Å². The lowest BCUT2D eigenvalue weighted by Crippen LogP contribution is -2.30. The predicted octanol–water partition coefficient (Wildman–Crippen LogP) is 19.1. The first-order chi connectivity index (χ1) is 33.6. The molecule has 0 N–H and O–H groups in total. The third kappa shape index (κ3) is 54.6. The highest BCUT2D eigenvalue weighted by Crippen LogP contribution is 2.13. The zero-order valence-electron chi connectivity index (χ0n) is 44.1. The molecule has 0 fully saturated rings. The number of rotatable bonds is 49. The Morgan fingerprint density at radius 2 is 0.676 bits per heavy atom. The first kappa shape index (κ1) is 64.0. The molecule has 0 aromatic carbocycles. The van der Waals surface area contributed by atoms with Crippen molar-refractivity contribution in [2.24, 2.45) is 0 Å². The maximum atomic E-state index is 12.8. The van der Waals surface area contributed by atoms with Crippen molar-refractivity contribution >= 4 is 11.9 Å². The Labute approximate surface area is 419 Å². The highest BCUT2D eigenvalue weighted by atomic mass is 16.6. The van der Waals surface area contributed by atoms with E-state index in [4.69, 9.17) is 14.2 Å². The van der Waals surface area contributed by atoms with Gasteiger partial charge < -0.3 is 14.2 Å². The summed E-state index contributed by atoms with van der Waals surface area (Å²) in [6.07, 6.45) is 81.9. The highest BCUT2D eigenvalue weighted by molar-refractivity contribution is 5.70. The molecule has 0 aromatic heterocycles. The van der Waals surface area contributed by atoms with Crippen molar-refractivity contribution in [1.29, 1.82) is 0 Å². The van der Waals surface area contributed by atoms with Crippen LogP contribution in [0.5, 0.6) is 0 Å². The SMILES string of the molecule is CC/C=C\C/C=C\C/C=C\C/C=C\C/C=C\CCCC(=O)OCC(COCCCCCCCCCCCC/C=C\C/C=C\CCCCC)OC(=O)CCCC/C=C\C/C=C\C/C=C\C/C=C\CC. The lowest BCUT2D eigenvalue weighted by Gasteiger charge is -2.18. The van der Waals surface area contributed by atoms with Crippen molar-refractivity contribution < 1.29 is 23.8 Å². The van der Waals surface area contributed by atoms with Crippen molar-refractivity contribution in [3.63, 3.8) is 0 Å². The molecule has 0 bridgehead atoms. The smallest absolute Gasteiger partial charge is 0.306 e. The third-order valence-electron chi connectivity index (χ3n) is 11.2. The number of esters is 2. The van der Waals surface area contributed by atoms with Gasteiger partial charge in [-0.05, 0) is 128 Å². The molecule has 0 radical (unpaired) electrons. The molecular formula is C63H102O5. The zero-order valence-corrected chi connectivity index (χ0v) is 44.1. The fourth-order valence-corrected chi connectivity index (χ4v) is 7.10. The minimum atomic E-state index is -0.593. The molecule has 0 aliphatic carbocycles. The lowest BCUT2D eigenvalue weighted by atomic mass is 10.1. The Balaban J connectivity index is 4.43. The Morgan fingerprint density at radius 1 is 0.338 bits per heavy atom. The maximum absolute atomic E-state index is 12.8. The molecule has 0 spiro atoms. The van der Waals surface area contributed by atoms with E-state index in [0.717, 1.165) is 109 Å². The summed E-state index contributed by atoms with van der Waals surface area (Å²) in [5.41, 5.74) is 0. The lowest BCUT2D eigenvalue weighted by molar-refractivity contribution is -0.162. The molecule has 0 aliphatic heterocycles. The number of hydrogen-bond donors (Lipinski definition) is 0. The van der Waals surface area contributed by atoms with Gasteiger partial charge in [0.15, 0.2) is 6.10 Å². The Kier molecular flexibility index (Phi) is 54.0. The normalized spacial score (nSPS) is 13.3. The van der Waals surface area contributed by atoms with Crippen molar-refractivity contribution in [2.45, 2.75) is 232 Å². The van der Waals surface area contributed by atoms with Gasteiger partial charge in [0, 0.05) is 19.4 Å². The molecule has 68 heavy (non-hydrogen) atoms. The summed E-state index contributed by atoms with van der Waals surface area (Å²) in [6.45, 7) is 7.45. The van der Waals surface area contributed by atoms with Crippen LogP contribution in [0.25, 0.3) is 0 Å². The second-order valence-electron chi connectivity index (χ2n) is 17.7. The standard InChI is InChI=1S/C63H102O5/c1-4-7-10-13-16-19-22-25-28-30-31-32-34-37-40-43-46-49-52-55-58-66-59-61(68-63(65)57-54-51-48-45-42-39-35-27-24-21-18-15-12-9-6-3)60-67-62(64)56-53-50-47-44-41-38-36-33-29-26-23-20-17-14-11-8-5-2/h8-9,11-12,16-21,25-29,35-36,38,42,44-45,47,61H,4-7,10,13-15,22-24,30-34,37,39-41,43,46,48-60H2,1-3H3/b11-8-,12-9-,19-16-,20-17-,21-18-,28-25-,29-26-,35-27-,38-36-,45-42-,47-44-. The minimum absolute atomic E-state index is 0.0295. The van der Waals surface area contributed by atoms with Crippen LogP contribution < -0.4 is 0 Å². The van der Waals surface area contributed by atoms with Crippen LogP contribution in [0.1, 0.15) is 226 Å². The molecule has 0 amide bonds. The van der Waals surface area contributed by atoms with Gasteiger partial charge in [0.1, 0.15) is 6.61 Å². The van der Waals surface area contributed by atoms with E-state index in [9.17, 15) is 9.59 Å². The van der Waals surface area contributed by atoms with Crippen LogP contribution >= 0.6 is 0 Å². The molecule has 0 saturated heterocycles. The number of unbranched alkanes of at least 4 members (excludes halogenated alkanes) is 16. The molecule has 1 atom stereocenters. The topological polar surface area (TPSA) is 61.8 Å². The predicted molar refractivity (Wildman–Crippen MR) is 297 cm³/mol. The summed E-state index contributed by atoms with van der Waals surface area (Å²) in [4.78, 5) is 25.4. The molecular weight excluding hydrogens is 837 g/mol. The molecule has 0 saturated carbocycles. The summed E-state index contributed by atoms with van der Waals surface area (Å²) in [5.74, 6) is -0.521. The Morgan fingerprint density at radius 3 is 1.10 bits per heavy atom. The monoisotopic (exact) mass is 939 g/mol.